The van der Waals surface area contributed by atoms with Crippen LogP contribution in [0.2, 0.25) is 0 Å². The van der Waals surface area contributed by atoms with Gasteiger partial charge in [0.1, 0.15) is 0 Å². The Morgan fingerprint density at radius 1 is 1.31 bits per heavy atom. The van der Waals surface area contributed by atoms with Crippen LogP contribution in [-0.4, -0.2) is 39.9 Å². The van der Waals surface area contributed by atoms with Gasteiger partial charge < -0.3 is 9.88 Å². The summed E-state index contributed by atoms with van der Waals surface area (Å²) in [7, 11) is 0. The summed E-state index contributed by atoms with van der Waals surface area (Å²) in [5.41, 5.74) is 1.81. The van der Waals surface area contributed by atoms with Crippen LogP contribution in [0, 0.1) is 30.1 Å². The van der Waals surface area contributed by atoms with E-state index in [-0.39, 0.29) is 24.9 Å². The van der Waals surface area contributed by atoms with Gasteiger partial charge in [-0.1, -0.05) is 18.2 Å². The minimum atomic E-state index is -1.39. The molecule has 2 heterocycles. The Kier molecular flexibility index (Phi) is 4.64. The first-order valence-corrected chi connectivity index (χ1v) is 8.69. The van der Waals surface area contributed by atoms with Gasteiger partial charge in [0.05, 0.1) is 6.07 Å². The molecular weight excluding hydrogens is 330 g/mol. The van der Waals surface area contributed by atoms with E-state index in [1.54, 1.807) is 17.9 Å². The number of nitrogens with zero attached hydrogens (tertiary/aromatic N) is 2. The zero-order valence-corrected chi connectivity index (χ0v) is 15.1. The lowest BCUT2D eigenvalue weighted by Gasteiger charge is -2.21. The molecule has 1 aromatic heterocycles. The van der Waals surface area contributed by atoms with Crippen molar-refractivity contribution in [1.29, 1.82) is 5.26 Å². The molecule has 1 aromatic carbocycles. The molecule has 0 saturated carbocycles. The number of rotatable bonds is 5. The van der Waals surface area contributed by atoms with Crippen molar-refractivity contribution in [3.8, 4) is 6.07 Å². The zero-order chi connectivity index (χ0) is 19.0. The number of Topliss-reactive ketones (excluding diaryl/α,β-unsaturated/α-hetero) is 2. The standard InChI is InChI=1S/C20H21N3O3/c1-11(2)23-10-13(8-17(23)24)19(25)15(9-21)20(26)18-12(3)22-16-7-5-4-6-14(16)18/h4-7,11,13,15,22H,8,10H2,1-3H3. The first kappa shape index (κ1) is 17.9. The number of hydrogen-bond acceptors (Lipinski definition) is 4. The molecule has 26 heavy (non-hydrogen) atoms. The summed E-state index contributed by atoms with van der Waals surface area (Å²) in [5.74, 6) is -3.06. The van der Waals surface area contributed by atoms with Crippen LogP contribution in [0.5, 0.6) is 0 Å². The minimum absolute atomic E-state index is 0.00704. The molecule has 134 valence electrons. The summed E-state index contributed by atoms with van der Waals surface area (Å²) < 4.78 is 0. The summed E-state index contributed by atoms with van der Waals surface area (Å²) >= 11 is 0. The minimum Gasteiger partial charge on any atom is -0.358 e. The van der Waals surface area contributed by atoms with Crippen LogP contribution in [0.3, 0.4) is 0 Å². The Morgan fingerprint density at radius 3 is 2.62 bits per heavy atom. The number of para-hydroxylation sites is 1. The quantitative estimate of drug-likeness (QED) is 0.662. The van der Waals surface area contributed by atoms with Crippen LogP contribution in [-0.2, 0) is 9.59 Å². The number of amides is 1. The van der Waals surface area contributed by atoms with Gasteiger partial charge in [0.15, 0.2) is 17.5 Å². The summed E-state index contributed by atoms with van der Waals surface area (Å²) in [4.78, 5) is 42.7. The Morgan fingerprint density at radius 2 is 2.00 bits per heavy atom. The molecule has 0 aliphatic carbocycles. The van der Waals surface area contributed by atoms with Gasteiger partial charge in [-0.05, 0) is 26.8 Å². The van der Waals surface area contributed by atoms with Crippen molar-refractivity contribution in [2.75, 3.05) is 6.54 Å². The number of hydrogen-bond donors (Lipinski definition) is 1. The maximum Gasteiger partial charge on any atom is 0.223 e. The molecule has 0 bridgehead atoms. The van der Waals surface area contributed by atoms with Crippen molar-refractivity contribution < 1.29 is 14.4 Å². The van der Waals surface area contributed by atoms with E-state index in [1.807, 2.05) is 38.1 Å². The Balaban J connectivity index is 1.90. The Labute approximate surface area is 151 Å². The van der Waals surface area contributed by atoms with Crippen LogP contribution in [0.4, 0.5) is 0 Å². The average molecular weight is 351 g/mol. The third-order valence-corrected chi connectivity index (χ3v) is 5.00. The van der Waals surface area contributed by atoms with Gasteiger partial charge in [0, 0.05) is 47.1 Å². The summed E-state index contributed by atoms with van der Waals surface area (Å²) in [6.07, 6.45) is 0.0648. The number of likely N-dealkylation sites (tertiary alicyclic amines) is 1. The molecule has 2 unspecified atom stereocenters. The van der Waals surface area contributed by atoms with E-state index in [9.17, 15) is 19.6 Å². The van der Waals surface area contributed by atoms with E-state index >= 15 is 0 Å². The van der Waals surface area contributed by atoms with Gasteiger partial charge in [-0.25, -0.2) is 0 Å². The fourth-order valence-electron chi connectivity index (χ4n) is 3.65. The van der Waals surface area contributed by atoms with E-state index in [0.29, 0.717) is 16.6 Å². The highest BCUT2D eigenvalue weighted by atomic mass is 16.2. The number of nitriles is 1. The van der Waals surface area contributed by atoms with E-state index in [0.717, 1.165) is 5.52 Å². The third kappa shape index (κ3) is 2.90. The number of H-pyrrole nitrogens is 1. The number of nitrogens with one attached hydrogen (secondary N) is 1. The van der Waals surface area contributed by atoms with Gasteiger partial charge in [-0.15, -0.1) is 0 Å². The fraction of sp³-hybridized carbons (Fsp3) is 0.400. The topological polar surface area (TPSA) is 94.0 Å². The second-order valence-electron chi connectivity index (χ2n) is 7.04. The summed E-state index contributed by atoms with van der Waals surface area (Å²) in [6.45, 7) is 5.79. The van der Waals surface area contributed by atoms with Crippen LogP contribution >= 0.6 is 0 Å². The first-order chi connectivity index (χ1) is 12.3. The molecule has 6 nitrogen and oxygen atoms in total. The predicted octanol–water partition coefficient (Wildman–Crippen LogP) is 2.62. The molecule has 1 amide bonds. The van der Waals surface area contributed by atoms with Crippen molar-refractivity contribution in [2.24, 2.45) is 11.8 Å². The lowest BCUT2D eigenvalue weighted by atomic mass is 9.86. The van der Waals surface area contributed by atoms with Crippen molar-refractivity contribution in [2.45, 2.75) is 33.2 Å². The normalized spacial score (nSPS) is 18.3. The van der Waals surface area contributed by atoms with Crippen molar-refractivity contribution in [1.82, 2.24) is 9.88 Å². The van der Waals surface area contributed by atoms with Crippen LogP contribution in [0.15, 0.2) is 24.3 Å². The monoisotopic (exact) mass is 351 g/mol. The second-order valence-corrected chi connectivity index (χ2v) is 7.04. The first-order valence-electron chi connectivity index (χ1n) is 8.69. The van der Waals surface area contributed by atoms with Gasteiger partial charge in [-0.3, -0.25) is 14.4 Å². The van der Waals surface area contributed by atoms with Gasteiger partial charge >= 0.3 is 0 Å². The molecular formula is C20H21N3O3. The van der Waals surface area contributed by atoms with Crippen LogP contribution < -0.4 is 0 Å². The van der Waals surface area contributed by atoms with Gasteiger partial charge in [0.25, 0.3) is 0 Å². The highest BCUT2D eigenvalue weighted by Gasteiger charge is 2.41. The lowest BCUT2D eigenvalue weighted by molar-refractivity contribution is -0.129. The number of fused-ring (bicyclic) bond motifs is 1. The summed E-state index contributed by atoms with van der Waals surface area (Å²) in [5, 5.41) is 10.2. The van der Waals surface area contributed by atoms with E-state index in [2.05, 4.69) is 4.98 Å². The molecule has 0 radical (unpaired) electrons. The number of aromatic nitrogens is 1. The van der Waals surface area contributed by atoms with E-state index in [4.69, 9.17) is 0 Å². The molecule has 1 saturated heterocycles. The van der Waals surface area contributed by atoms with Crippen molar-refractivity contribution in [3.05, 3.63) is 35.5 Å². The SMILES string of the molecule is Cc1[nH]c2ccccc2c1C(=O)C(C#N)C(=O)C1CC(=O)N(C(C)C)C1. The molecule has 0 spiro atoms. The molecule has 1 aliphatic heterocycles. The fourth-order valence-corrected chi connectivity index (χ4v) is 3.65. The number of ketones is 2. The highest BCUT2D eigenvalue weighted by Crippen LogP contribution is 2.28. The molecule has 2 aromatic rings. The van der Waals surface area contributed by atoms with Gasteiger partial charge in [0.2, 0.25) is 5.91 Å². The van der Waals surface area contributed by atoms with Crippen molar-refractivity contribution in [3.63, 3.8) is 0 Å². The molecule has 3 rings (SSSR count). The maximum absolute atomic E-state index is 13.0. The number of aryl methyl sites for hydroxylation is 1. The second kappa shape index (κ2) is 6.75. The molecule has 6 heteroatoms. The largest absolute Gasteiger partial charge is 0.358 e. The molecule has 1 aliphatic rings. The van der Waals surface area contributed by atoms with E-state index < -0.39 is 23.4 Å². The van der Waals surface area contributed by atoms with Gasteiger partial charge in [-0.2, -0.15) is 5.26 Å². The number of carbonyl (C=O) groups is 3. The Bertz CT molecular complexity index is 935. The Hall–Kier alpha value is -2.94. The lowest BCUT2D eigenvalue weighted by Crippen LogP contribution is -2.34. The highest BCUT2D eigenvalue weighted by molar-refractivity contribution is 6.19. The number of benzene rings is 1. The van der Waals surface area contributed by atoms with Crippen molar-refractivity contribution >= 4 is 28.4 Å². The third-order valence-electron chi connectivity index (χ3n) is 5.00. The molecule has 2 atom stereocenters. The smallest absolute Gasteiger partial charge is 0.223 e. The molecule has 1 fully saturated rings. The molecule has 1 N–H and O–H groups in total. The van der Waals surface area contributed by atoms with Crippen LogP contribution in [0.25, 0.3) is 10.9 Å². The number of carbonyl (C=O) groups excluding carboxylic acids is 3. The summed E-state index contributed by atoms with van der Waals surface area (Å²) in [6, 6.07) is 9.17. The predicted molar refractivity (Wildman–Crippen MR) is 96.4 cm³/mol. The zero-order valence-electron chi connectivity index (χ0n) is 15.1. The van der Waals surface area contributed by atoms with Crippen LogP contribution in [0.1, 0.15) is 36.3 Å². The average Bonchev–Trinajstić information content (AvgIpc) is 3.14. The van der Waals surface area contributed by atoms with E-state index in [1.165, 1.54) is 0 Å². The number of aromatic amines is 1. The maximum atomic E-state index is 13.0.